The first kappa shape index (κ1) is 18.5. The maximum Gasteiger partial charge on any atom is 0.234 e. The van der Waals surface area contributed by atoms with Crippen LogP contribution in [0.15, 0.2) is 64.2 Å². The largest absolute Gasteiger partial charge is 0.443 e. The SMILES string of the molecule is N#Cc1oc2ccccc2c1NC(=O)CSc1nc(C2CC2)n(-c2ccccc2)n1. The average molecular weight is 415 g/mol. The van der Waals surface area contributed by atoms with Gasteiger partial charge in [0.2, 0.25) is 16.8 Å². The third kappa shape index (κ3) is 3.55. The molecule has 0 bridgehead atoms. The lowest BCUT2D eigenvalue weighted by Gasteiger charge is -2.03. The highest BCUT2D eigenvalue weighted by molar-refractivity contribution is 7.99. The normalized spacial score (nSPS) is 13.3. The van der Waals surface area contributed by atoms with E-state index in [4.69, 9.17) is 4.42 Å². The Balaban J connectivity index is 1.33. The Hall–Kier alpha value is -3.57. The number of fused-ring (bicyclic) bond motifs is 1. The monoisotopic (exact) mass is 415 g/mol. The Bertz CT molecular complexity index is 1270. The van der Waals surface area contributed by atoms with Gasteiger partial charge >= 0.3 is 0 Å². The molecule has 1 aliphatic carbocycles. The molecule has 1 amide bonds. The van der Waals surface area contributed by atoms with Crippen molar-refractivity contribution in [2.45, 2.75) is 23.9 Å². The van der Waals surface area contributed by atoms with Gasteiger partial charge in [-0.15, -0.1) is 5.10 Å². The van der Waals surface area contributed by atoms with Crippen molar-refractivity contribution in [3.05, 3.63) is 66.2 Å². The smallest absolute Gasteiger partial charge is 0.234 e. The number of amides is 1. The molecule has 0 radical (unpaired) electrons. The van der Waals surface area contributed by atoms with E-state index in [0.717, 1.165) is 24.4 Å². The zero-order chi connectivity index (χ0) is 20.5. The Morgan fingerprint density at radius 1 is 1.20 bits per heavy atom. The Morgan fingerprint density at radius 2 is 1.97 bits per heavy atom. The van der Waals surface area contributed by atoms with Gasteiger partial charge in [0.25, 0.3) is 0 Å². The molecular formula is C22H17N5O2S. The highest BCUT2D eigenvalue weighted by Crippen LogP contribution is 2.40. The summed E-state index contributed by atoms with van der Waals surface area (Å²) in [6, 6.07) is 19.1. The molecule has 0 saturated heterocycles. The summed E-state index contributed by atoms with van der Waals surface area (Å²) in [5.74, 6) is 1.35. The molecule has 1 saturated carbocycles. The minimum Gasteiger partial charge on any atom is -0.443 e. The number of carbonyl (C=O) groups excluding carboxylic acids is 1. The third-order valence-electron chi connectivity index (χ3n) is 4.85. The second-order valence-corrected chi connectivity index (χ2v) is 7.97. The van der Waals surface area contributed by atoms with Gasteiger partial charge in [-0.1, -0.05) is 42.1 Å². The number of carbonyl (C=O) groups is 1. The molecule has 1 aliphatic rings. The molecule has 1 N–H and O–H groups in total. The number of aromatic nitrogens is 3. The van der Waals surface area contributed by atoms with E-state index in [1.54, 1.807) is 6.07 Å². The molecule has 0 unspecified atom stereocenters. The summed E-state index contributed by atoms with van der Waals surface area (Å²) in [5, 5.41) is 18.0. The maximum absolute atomic E-state index is 12.6. The number of nitrogens with one attached hydrogen (secondary N) is 1. The molecule has 148 valence electrons. The minimum atomic E-state index is -0.243. The van der Waals surface area contributed by atoms with Gasteiger partial charge in [0, 0.05) is 11.3 Å². The van der Waals surface area contributed by atoms with Crippen molar-refractivity contribution in [2.75, 3.05) is 11.1 Å². The van der Waals surface area contributed by atoms with Crippen LogP contribution in [0.4, 0.5) is 5.69 Å². The van der Waals surface area contributed by atoms with Crippen LogP contribution in [0.1, 0.15) is 30.3 Å². The van der Waals surface area contributed by atoms with Crippen LogP contribution in [0, 0.1) is 11.3 Å². The van der Waals surface area contributed by atoms with Crippen LogP contribution in [-0.4, -0.2) is 26.4 Å². The average Bonchev–Trinajstić information content (AvgIpc) is 3.44. The van der Waals surface area contributed by atoms with Gasteiger partial charge < -0.3 is 9.73 Å². The Labute approximate surface area is 176 Å². The highest BCUT2D eigenvalue weighted by atomic mass is 32.2. The summed E-state index contributed by atoms with van der Waals surface area (Å²) in [4.78, 5) is 17.2. The van der Waals surface area contributed by atoms with Crippen molar-refractivity contribution in [2.24, 2.45) is 0 Å². The van der Waals surface area contributed by atoms with Crippen LogP contribution in [-0.2, 0) is 4.79 Å². The topological polar surface area (TPSA) is 96.7 Å². The molecule has 2 heterocycles. The minimum absolute atomic E-state index is 0.0945. The summed E-state index contributed by atoms with van der Waals surface area (Å²) in [6.07, 6.45) is 2.22. The van der Waals surface area contributed by atoms with E-state index in [-0.39, 0.29) is 17.4 Å². The molecule has 0 atom stereocenters. The second-order valence-electron chi connectivity index (χ2n) is 7.03. The Kier molecular flexibility index (Phi) is 4.73. The number of nitrogens with zero attached hydrogens (tertiary/aromatic N) is 4. The van der Waals surface area contributed by atoms with Crippen molar-refractivity contribution in [3.8, 4) is 11.8 Å². The van der Waals surface area contributed by atoms with Crippen LogP contribution in [0.5, 0.6) is 0 Å². The van der Waals surface area contributed by atoms with E-state index in [1.807, 2.05) is 59.3 Å². The van der Waals surface area contributed by atoms with Crippen LogP contribution in [0.25, 0.3) is 16.7 Å². The molecule has 30 heavy (non-hydrogen) atoms. The summed E-state index contributed by atoms with van der Waals surface area (Å²) in [5.41, 5.74) is 1.93. The number of nitriles is 1. The van der Waals surface area contributed by atoms with E-state index in [2.05, 4.69) is 15.4 Å². The lowest BCUT2D eigenvalue weighted by Crippen LogP contribution is -2.14. The lowest BCUT2D eigenvalue weighted by molar-refractivity contribution is -0.113. The van der Waals surface area contributed by atoms with E-state index < -0.39 is 0 Å². The van der Waals surface area contributed by atoms with Crippen molar-refractivity contribution in [1.29, 1.82) is 5.26 Å². The van der Waals surface area contributed by atoms with Crippen molar-refractivity contribution < 1.29 is 9.21 Å². The number of thioether (sulfide) groups is 1. The highest BCUT2D eigenvalue weighted by Gasteiger charge is 2.30. The van der Waals surface area contributed by atoms with Gasteiger partial charge in [0.1, 0.15) is 23.2 Å². The molecule has 5 rings (SSSR count). The first-order chi connectivity index (χ1) is 14.7. The van der Waals surface area contributed by atoms with Gasteiger partial charge in [-0.05, 0) is 37.1 Å². The van der Waals surface area contributed by atoms with Crippen molar-refractivity contribution in [1.82, 2.24) is 14.8 Å². The molecule has 1 fully saturated rings. The summed E-state index contributed by atoms with van der Waals surface area (Å²) < 4.78 is 7.37. The first-order valence-electron chi connectivity index (χ1n) is 9.59. The number of benzene rings is 2. The van der Waals surface area contributed by atoms with Crippen LogP contribution in [0.2, 0.25) is 0 Å². The van der Waals surface area contributed by atoms with Gasteiger partial charge in [-0.25, -0.2) is 9.67 Å². The molecule has 8 heteroatoms. The standard InChI is InChI=1S/C22H17N5O2S/c23-12-18-20(16-8-4-5-9-17(16)29-18)24-19(28)13-30-22-25-21(14-10-11-14)27(26-22)15-6-2-1-3-7-15/h1-9,14H,10-11,13H2,(H,24,28). The van der Waals surface area contributed by atoms with Crippen molar-refractivity contribution >= 4 is 34.3 Å². The van der Waals surface area contributed by atoms with E-state index >= 15 is 0 Å². The zero-order valence-electron chi connectivity index (χ0n) is 15.9. The summed E-state index contributed by atoms with van der Waals surface area (Å²) in [7, 11) is 0. The van der Waals surface area contributed by atoms with Gasteiger partial charge in [-0.2, -0.15) is 5.26 Å². The van der Waals surface area contributed by atoms with E-state index in [1.165, 1.54) is 11.8 Å². The lowest BCUT2D eigenvalue weighted by atomic mass is 10.2. The zero-order valence-corrected chi connectivity index (χ0v) is 16.7. The fourth-order valence-corrected chi connectivity index (χ4v) is 3.91. The molecule has 7 nitrogen and oxygen atoms in total. The quantitative estimate of drug-likeness (QED) is 0.466. The number of hydrogen-bond acceptors (Lipinski definition) is 6. The summed E-state index contributed by atoms with van der Waals surface area (Å²) in [6.45, 7) is 0. The first-order valence-corrected chi connectivity index (χ1v) is 10.6. The van der Waals surface area contributed by atoms with Gasteiger partial charge in [-0.3, -0.25) is 4.79 Å². The Morgan fingerprint density at radius 3 is 2.73 bits per heavy atom. The number of anilines is 1. The van der Waals surface area contributed by atoms with Crippen LogP contribution < -0.4 is 5.32 Å². The van der Waals surface area contributed by atoms with Crippen LogP contribution in [0.3, 0.4) is 0 Å². The summed E-state index contributed by atoms with van der Waals surface area (Å²) >= 11 is 1.28. The molecule has 0 spiro atoms. The molecule has 4 aromatic rings. The van der Waals surface area contributed by atoms with Crippen molar-refractivity contribution in [3.63, 3.8) is 0 Å². The fraction of sp³-hybridized carbons (Fsp3) is 0.182. The molecule has 2 aromatic carbocycles. The predicted molar refractivity (Wildman–Crippen MR) is 114 cm³/mol. The van der Waals surface area contributed by atoms with Gasteiger partial charge in [0.05, 0.1) is 11.4 Å². The fourth-order valence-electron chi connectivity index (χ4n) is 3.28. The molecule has 0 aliphatic heterocycles. The predicted octanol–water partition coefficient (Wildman–Crippen LogP) is 4.49. The third-order valence-corrected chi connectivity index (χ3v) is 5.69. The number of para-hydroxylation sites is 2. The van der Waals surface area contributed by atoms with E-state index in [0.29, 0.717) is 27.7 Å². The molecular weight excluding hydrogens is 398 g/mol. The van der Waals surface area contributed by atoms with Crippen LogP contribution >= 0.6 is 11.8 Å². The number of rotatable bonds is 6. The van der Waals surface area contributed by atoms with Gasteiger partial charge in [0.15, 0.2) is 0 Å². The number of furan rings is 1. The van der Waals surface area contributed by atoms with E-state index in [9.17, 15) is 10.1 Å². The molecule has 2 aromatic heterocycles. The maximum atomic E-state index is 12.6. The second kappa shape index (κ2) is 7.69. The number of hydrogen-bond donors (Lipinski definition) is 1.